The molecule has 1 saturated carbocycles. The summed E-state index contributed by atoms with van der Waals surface area (Å²) in [5.74, 6) is -1.67. The number of alkyl halides is 2. The molecule has 2 nitrogen and oxygen atoms in total. The lowest BCUT2D eigenvalue weighted by molar-refractivity contribution is -0.132. The minimum Gasteiger partial charge on any atom is -0.346 e. The second-order valence-electron chi connectivity index (χ2n) is 6.00. The molecule has 18 heavy (non-hydrogen) atoms. The number of amides is 1. The zero-order valence-electron chi connectivity index (χ0n) is 11.7. The van der Waals surface area contributed by atoms with Gasteiger partial charge in [0.2, 0.25) is 11.8 Å². The molecule has 1 fully saturated rings. The van der Waals surface area contributed by atoms with E-state index in [4.69, 9.17) is 0 Å². The molecule has 0 spiro atoms. The van der Waals surface area contributed by atoms with Crippen LogP contribution in [0.25, 0.3) is 0 Å². The molecule has 0 bridgehead atoms. The van der Waals surface area contributed by atoms with Crippen molar-refractivity contribution in [2.45, 2.75) is 58.3 Å². The third-order valence-electron chi connectivity index (χ3n) is 3.77. The summed E-state index contributed by atoms with van der Waals surface area (Å²) in [6.07, 6.45) is 2.28. The molecule has 106 valence electrons. The van der Waals surface area contributed by atoms with E-state index < -0.39 is 5.92 Å². The molecule has 0 radical (unpaired) electrons. The molecule has 0 heterocycles. The number of nitrogens with zero attached hydrogens (tertiary/aromatic N) is 1. The second-order valence-corrected chi connectivity index (χ2v) is 6.00. The van der Waals surface area contributed by atoms with Crippen molar-refractivity contribution in [3.8, 4) is 0 Å². The zero-order chi connectivity index (χ0) is 13.8. The van der Waals surface area contributed by atoms with Crippen molar-refractivity contribution in [1.82, 2.24) is 4.90 Å². The van der Waals surface area contributed by atoms with E-state index in [9.17, 15) is 13.6 Å². The highest BCUT2D eigenvalue weighted by atomic mass is 19.3. The quantitative estimate of drug-likeness (QED) is 0.739. The largest absolute Gasteiger partial charge is 0.346 e. The second kappa shape index (κ2) is 6.48. The molecule has 1 aliphatic carbocycles. The highest BCUT2D eigenvalue weighted by molar-refractivity contribution is 5.76. The lowest BCUT2D eigenvalue weighted by atomic mass is 9.84. The summed E-state index contributed by atoms with van der Waals surface area (Å²) in [6, 6.07) is 0. The Labute approximate surface area is 109 Å². The summed E-state index contributed by atoms with van der Waals surface area (Å²) >= 11 is 0. The first kappa shape index (κ1) is 15.4. The van der Waals surface area contributed by atoms with Gasteiger partial charge in [0.25, 0.3) is 0 Å². The minimum absolute atomic E-state index is 0.0549. The SMILES string of the molecule is CC(C)CCN(C)C(=O)CC1CCC(F)(F)CC1. The van der Waals surface area contributed by atoms with Crippen LogP contribution in [-0.4, -0.2) is 30.3 Å². The third-order valence-corrected chi connectivity index (χ3v) is 3.77. The van der Waals surface area contributed by atoms with E-state index in [-0.39, 0.29) is 24.7 Å². The van der Waals surface area contributed by atoms with Gasteiger partial charge in [0, 0.05) is 32.9 Å². The standard InChI is InChI=1S/C14H25F2NO/c1-11(2)6-9-17(3)13(18)10-12-4-7-14(15,16)8-5-12/h11-12H,4-10H2,1-3H3. The molecule has 0 aromatic heterocycles. The van der Waals surface area contributed by atoms with Crippen molar-refractivity contribution in [1.29, 1.82) is 0 Å². The van der Waals surface area contributed by atoms with E-state index >= 15 is 0 Å². The molecule has 1 rings (SSSR count). The highest BCUT2D eigenvalue weighted by Gasteiger charge is 2.35. The van der Waals surface area contributed by atoms with Crippen LogP contribution in [0.4, 0.5) is 8.78 Å². The van der Waals surface area contributed by atoms with Gasteiger partial charge >= 0.3 is 0 Å². The van der Waals surface area contributed by atoms with Crippen molar-refractivity contribution in [3.63, 3.8) is 0 Å². The van der Waals surface area contributed by atoms with Crippen molar-refractivity contribution >= 4 is 5.91 Å². The van der Waals surface area contributed by atoms with Gasteiger partial charge in [-0.2, -0.15) is 0 Å². The molecule has 0 aromatic rings. The van der Waals surface area contributed by atoms with E-state index in [1.54, 1.807) is 4.90 Å². The lowest BCUT2D eigenvalue weighted by Crippen LogP contribution is -2.32. The van der Waals surface area contributed by atoms with Gasteiger partial charge in [-0.3, -0.25) is 4.79 Å². The summed E-state index contributed by atoms with van der Waals surface area (Å²) < 4.78 is 26.0. The van der Waals surface area contributed by atoms with Crippen LogP contribution in [0.15, 0.2) is 0 Å². The highest BCUT2D eigenvalue weighted by Crippen LogP contribution is 2.37. The fourth-order valence-electron chi connectivity index (χ4n) is 2.28. The molecule has 0 N–H and O–H groups in total. The van der Waals surface area contributed by atoms with Gasteiger partial charge in [0.05, 0.1) is 0 Å². The Balaban J connectivity index is 2.28. The Morgan fingerprint density at radius 3 is 2.39 bits per heavy atom. The lowest BCUT2D eigenvalue weighted by Gasteiger charge is -2.29. The maximum Gasteiger partial charge on any atom is 0.248 e. The van der Waals surface area contributed by atoms with Gasteiger partial charge in [-0.05, 0) is 31.1 Å². The number of rotatable bonds is 5. The van der Waals surface area contributed by atoms with Gasteiger partial charge in [0.1, 0.15) is 0 Å². The van der Waals surface area contributed by atoms with E-state index in [1.807, 2.05) is 7.05 Å². The Hall–Kier alpha value is -0.670. The molecule has 1 aliphatic rings. The smallest absolute Gasteiger partial charge is 0.248 e. The summed E-state index contributed by atoms with van der Waals surface area (Å²) in [5.41, 5.74) is 0. The number of hydrogen-bond acceptors (Lipinski definition) is 1. The van der Waals surface area contributed by atoms with Crippen molar-refractivity contribution in [3.05, 3.63) is 0 Å². The summed E-state index contributed by atoms with van der Waals surface area (Å²) in [4.78, 5) is 13.7. The van der Waals surface area contributed by atoms with Crippen molar-refractivity contribution in [2.24, 2.45) is 11.8 Å². The van der Waals surface area contributed by atoms with Crippen LogP contribution >= 0.6 is 0 Å². The number of carbonyl (C=O) groups is 1. The predicted octanol–water partition coefficient (Wildman–Crippen LogP) is 3.71. The van der Waals surface area contributed by atoms with Gasteiger partial charge in [-0.15, -0.1) is 0 Å². The Morgan fingerprint density at radius 1 is 1.33 bits per heavy atom. The van der Waals surface area contributed by atoms with Crippen LogP contribution in [0.2, 0.25) is 0 Å². The maximum absolute atomic E-state index is 13.0. The molecule has 0 saturated heterocycles. The van der Waals surface area contributed by atoms with E-state index in [0.717, 1.165) is 13.0 Å². The van der Waals surface area contributed by atoms with Crippen LogP contribution in [0.3, 0.4) is 0 Å². The van der Waals surface area contributed by atoms with Crippen LogP contribution in [0.5, 0.6) is 0 Å². The molecule has 0 aromatic carbocycles. The molecular formula is C14H25F2NO. The fourth-order valence-corrected chi connectivity index (χ4v) is 2.28. The van der Waals surface area contributed by atoms with E-state index in [2.05, 4.69) is 13.8 Å². The van der Waals surface area contributed by atoms with Crippen molar-refractivity contribution in [2.75, 3.05) is 13.6 Å². The first-order valence-electron chi connectivity index (χ1n) is 6.92. The molecule has 0 atom stereocenters. The summed E-state index contributed by atoms with van der Waals surface area (Å²) in [6.45, 7) is 5.02. The Morgan fingerprint density at radius 2 is 1.89 bits per heavy atom. The Bertz CT molecular complexity index is 269. The van der Waals surface area contributed by atoms with Gasteiger partial charge in [-0.1, -0.05) is 13.8 Å². The van der Waals surface area contributed by atoms with Gasteiger partial charge in [-0.25, -0.2) is 8.78 Å². The molecule has 0 unspecified atom stereocenters. The normalized spacial score (nSPS) is 20.1. The average Bonchev–Trinajstić information content (AvgIpc) is 2.28. The van der Waals surface area contributed by atoms with Crippen molar-refractivity contribution < 1.29 is 13.6 Å². The van der Waals surface area contributed by atoms with Gasteiger partial charge < -0.3 is 4.90 Å². The first-order chi connectivity index (χ1) is 8.30. The number of hydrogen-bond donors (Lipinski definition) is 0. The number of halogens is 2. The zero-order valence-corrected chi connectivity index (χ0v) is 11.7. The maximum atomic E-state index is 13.0. The molecule has 4 heteroatoms. The summed E-state index contributed by atoms with van der Waals surface area (Å²) in [5, 5.41) is 0. The summed E-state index contributed by atoms with van der Waals surface area (Å²) in [7, 11) is 1.81. The van der Waals surface area contributed by atoms with E-state index in [0.29, 0.717) is 25.2 Å². The topological polar surface area (TPSA) is 20.3 Å². The van der Waals surface area contributed by atoms with Gasteiger partial charge in [0.15, 0.2) is 0 Å². The number of carbonyl (C=O) groups excluding carboxylic acids is 1. The fraction of sp³-hybridized carbons (Fsp3) is 0.929. The van der Waals surface area contributed by atoms with Crippen LogP contribution in [0, 0.1) is 11.8 Å². The molecular weight excluding hydrogens is 236 g/mol. The molecule has 0 aliphatic heterocycles. The predicted molar refractivity (Wildman–Crippen MR) is 68.6 cm³/mol. The third kappa shape index (κ3) is 5.32. The minimum atomic E-state index is -2.50. The van der Waals surface area contributed by atoms with E-state index in [1.165, 1.54) is 0 Å². The van der Waals surface area contributed by atoms with Crippen LogP contribution < -0.4 is 0 Å². The van der Waals surface area contributed by atoms with Crippen LogP contribution in [-0.2, 0) is 4.79 Å². The monoisotopic (exact) mass is 261 g/mol. The average molecular weight is 261 g/mol. The van der Waals surface area contributed by atoms with Crippen LogP contribution in [0.1, 0.15) is 52.4 Å². The Kier molecular flexibility index (Phi) is 5.54. The molecule has 1 amide bonds. The first-order valence-corrected chi connectivity index (χ1v) is 6.92.